The average molecular weight is 384 g/mol. The van der Waals surface area contributed by atoms with Crippen LogP contribution in [0.2, 0.25) is 0 Å². The predicted octanol–water partition coefficient (Wildman–Crippen LogP) is 3.27. The van der Waals surface area contributed by atoms with Gasteiger partial charge in [0.1, 0.15) is 11.7 Å². The second-order valence-electron chi connectivity index (χ2n) is 6.25. The molecule has 0 spiro atoms. The van der Waals surface area contributed by atoms with Gasteiger partial charge in [0.05, 0.1) is 11.5 Å². The first kappa shape index (κ1) is 20.9. The van der Waals surface area contributed by atoms with Gasteiger partial charge in [-0.05, 0) is 31.5 Å². The van der Waals surface area contributed by atoms with Gasteiger partial charge >= 0.3 is 0 Å². The van der Waals surface area contributed by atoms with Gasteiger partial charge in [-0.3, -0.25) is 19.7 Å². The van der Waals surface area contributed by atoms with Crippen LogP contribution in [0.5, 0.6) is 0 Å². The number of nitrogens with zero attached hydrogens (tertiary/aromatic N) is 2. The second kappa shape index (κ2) is 10.1. The van der Waals surface area contributed by atoms with Crippen LogP contribution in [0.4, 0.5) is 17.1 Å². The molecule has 0 aliphatic heterocycles. The Kier molecular flexibility index (Phi) is 7.50. The number of nitro groups is 1. The molecule has 2 N–H and O–H groups in total. The largest absolute Gasteiger partial charge is 0.371 e. The minimum atomic E-state index is -0.680. The Morgan fingerprint density at radius 2 is 1.75 bits per heavy atom. The van der Waals surface area contributed by atoms with Crippen LogP contribution in [-0.4, -0.2) is 40.8 Å². The van der Waals surface area contributed by atoms with E-state index >= 15 is 0 Å². The smallest absolute Gasteiger partial charge is 0.292 e. The van der Waals surface area contributed by atoms with E-state index in [-0.39, 0.29) is 29.7 Å². The van der Waals surface area contributed by atoms with Crippen LogP contribution in [-0.2, 0) is 9.59 Å². The van der Waals surface area contributed by atoms with Crippen LogP contribution in [0, 0.1) is 10.1 Å². The van der Waals surface area contributed by atoms with Gasteiger partial charge in [-0.25, -0.2) is 0 Å². The molecular weight excluding hydrogens is 360 g/mol. The molecule has 148 valence electrons. The molecule has 2 aromatic carbocycles. The van der Waals surface area contributed by atoms with Gasteiger partial charge in [0.2, 0.25) is 11.8 Å². The van der Waals surface area contributed by atoms with Gasteiger partial charge in [0.25, 0.3) is 5.69 Å². The van der Waals surface area contributed by atoms with E-state index in [1.54, 1.807) is 37.3 Å². The predicted molar refractivity (Wildman–Crippen MR) is 108 cm³/mol. The van der Waals surface area contributed by atoms with E-state index in [1.165, 1.54) is 11.0 Å². The summed E-state index contributed by atoms with van der Waals surface area (Å²) < 4.78 is 0. The van der Waals surface area contributed by atoms with E-state index in [1.807, 2.05) is 25.1 Å². The van der Waals surface area contributed by atoms with Gasteiger partial charge in [0.15, 0.2) is 0 Å². The normalized spacial score (nSPS) is 11.4. The van der Waals surface area contributed by atoms with Crippen molar-refractivity contribution in [2.75, 3.05) is 23.7 Å². The number of amides is 2. The Morgan fingerprint density at radius 1 is 1.11 bits per heavy atom. The lowest BCUT2D eigenvalue weighted by Gasteiger charge is -2.28. The van der Waals surface area contributed by atoms with Crippen LogP contribution in [0.3, 0.4) is 0 Å². The monoisotopic (exact) mass is 384 g/mol. The average Bonchev–Trinajstić information content (AvgIpc) is 2.70. The van der Waals surface area contributed by atoms with Crippen molar-refractivity contribution >= 4 is 28.9 Å². The summed E-state index contributed by atoms with van der Waals surface area (Å²) in [7, 11) is 0. The molecule has 2 rings (SSSR count). The SMILES string of the molecule is CCCN(C(=O)CNc1ccccc1[N+](=O)[O-])C(C)C(=O)Nc1ccccc1. The van der Waals surface area contributed by atoms with E-state index in [0.717, 1.165) is 0 Å². The highest BCUT2D eigenvalue weighted by atomic mass is 16.6. The molecule has 0 aliphatic rings. The first-order chi connectivity index (χ1) is 13.4. The molecule has 2 amide bonds. The van der Waals surface area contributed by atoms with Crippen molar-refractivity contribution in [3.8, 4) is 0 Å². The number of anilines is 2. The van der Waals surface area contributed by atoms with Gasteiger partial charge in [-0.1, -0.05) is 37.3 Å². The molecule has 0 bridgehead atoms. The summed E-state index contributed by atoms with van der Waals surface area (Å²) >= 11 is 0. The third-order valence-electron chi connectivity index (χ3n) is 4.20. The number of carbonyl (C=O) groups is 2. The second-order valence-corrected chi connectivity index (χ2v) is 6.25. The van der Waals surface area contributed by atoms with E-state index in [9.17, 15) is 19.7 Å². The highest BCUT2D eigenvalue weighted by Crippen LogP contribution is 2.23. The van der Waals surface area contributed by atoms with Crippen LogP contribution in [0.25, 0.3) is 0 Å². The third kappa shape index (κ3) is 5.54. The van der Waals surface area contributed by atoms with Crippen molar-refractivity contribution < 1.29 is 14.5 Å². The Bertz CT molecular complexity index is 826. The zero-order valence-electron chi connectivity index (χ0n) is 15.9. The van der Waals surface area contributed by atoms with Crippen LogP contribution >= 0.6 is 0 Å². The molecule has 0 saturated heterocycles. The van der Waals surface area contributed by atoms with Gasteiger partial charge < -0.3 is 15.5 Å². The molecule has 1 atom stereocenters. The molecule has 0 radical (unpaired) electrons. The molecule has 0 fully saturated rings. The molecule has 28 heavy (non-hydrogen) atoms. The summed E-state index contributed by atoms with van der Waals surface area (Å²) in [5.74, 6) is -0.602. The number of benzene rings is 2. The number of nitro benzene ring substituents is 1. The van der Waals surface area contributed by atoms with Crippen LogP contribution in [0.15, 0.2) is 54.6 Å². The van der Waals surface area contributed by atoms with Gasteiger partial charge in [0, 0.05) is 18.3 Å². The fraction of sp³-hybridized carbons (Fsp3) is 0.300. The fourth-order valence-electron chi connectivity index (χ4n) is 2.74. The number of nitrogens with one attached hydrogen (secondary N) is 2. The molecule has 8 nitrogen and oxygen atoms in total. The van der Waals surface area contributed by atoms with Gasteiger partial charge in [-0.15, -0.1) is 0 Å². The zero-order chi connectivity index (χ0) is 20.5. The molecular formula is C20H24N4O4. The Balaban J connectivity index is 2.04. The first-order valence-corrected chi connectivity index (χ1v) is 9.06. The van der Waals surface area contributed by atoms with E-state index < -0.39 is 11.0 Å². The number of hydrogen-bond donors (Lipinski definition) is 2. The lowest BCUT2D eigenvalue weighted by Crippen LogP contribution is -2.48. The highest BCUT2D eigenvalue weighted by Gasteiger charge is 2.25. The number of rotatable bonds is 9. The first-order valence-electron chi connectivity index (χ1n) is 9.06. The van der Waals surface area contributed by atoms with Crippen molar-refractivity contribution in [3.63, 3.8) is 0 Å². The van der Waals surface area contributed by atoms with E-state index in [2.05, 4.69) is 10.6 Å². The summed E-state index contributed by atoms with van der Waals surface area (Å²) in [5.41, 5.74) is 0.812. The van der Waals surface area contributed by atoms with Crippen LogP contribution in [0.1, 0.15) is 20.3 Å². The third-order valence-corrected chi connectivity index (χ3v) is 4.20. The summed E-state index contributed by atoms with van der Waals surface area (Å²) in [6.45, 7) is 3.84. The van der Waals surface area contributed by atoms with Crippen molar-refractivity contribution in [2.24, 2.45) is 0 Å². The molecule has 1 unspecified atom stereocenters. The van der Waals surface area contributed by atoms with E-state index in [4.69, 9.17) is 0 Å². The standard InChI is InChI=1S/C20H24N4O4/c1-3-13-23(15(2)20(26)22-16-9-5-4-6-10-16)19(25)14-21-17-11-7-8-12-18(17)24(27)28/h4-12,15,21H,3,13-14H2,1-2H3,(H,22,26). The molecule has 0 saturated carbocycles. The van der Waals surface area contributed by atoms with Crippen molar-refractivity contribution in [3.05, 3.63) is 64.7 Å². The minimum Gasteiger partial charge on any atom is -0.371 e. The summed E-state index contributed by atoms with van der Waals surface area (Å²) in [4.78, 5) is 37.3. The number of para-hydroxylation sites is 3. The lowest BCUT2D eigenvalue weighted by molar-refractivity contribution is -0.383. The van der Waals surface area contributed by atoms with Crippen LogP contribution < -0.4 is 10.6 Å². The fourth-order valence-corrected chi connectivity index (χ4v) is 2.74. The topological polar surface area (TPSA) is 105 Å². The van der Waals surface area contributed by atoms with Crippen molar-refractivity contribution in [1.29, 1.82) is 0 Å². The van der Waals surface area contributed by atoms with Crippen molar-refractivity contribution in [2.45, 2.75) is 26.3 Å². The Morgan fingerprint density at radius 3 is 2.39 bits per heavy atom. The molecule has 0 heterocycles. The maximum Gasteiger partial charge on any atom is 0.292 e. The zero-order valence-corrected chi connectivity index (χ0v) is 15.9. The summed E-state index contributed by atoms with van der Waals surface area (Å²) in [6, 6.07) is 14.5. The maximum atomic E-state index is 12.7. The quantitative estimate of drug-likeness (QED) is 0.510. The maximum absolute atomic E-state index is 12.7. The summed E-state index contributed by atoms with van der Waals surface area (Å²) in [6.07, 6.45) is 0.681. The van der Waals surface area contributed by atoms with E-state index in [0.29, 0.717) is 18.7 Å². The molecule has 8 heteroatoms. The molecule has 0 aromatic heterocycles. The Hall–Kier alpha value is -3.42. The van der Waals surface area contributed by atoms with Gasteiger partial charge in [-0.2, -0.15) is 0 Å². The number of carbonyl (C=O) groups excluding carboxylic acids is 2. The Labute approximate surface area is 163 Å². The molecule has 2 aromatic rings. The number of hydrogen-bond acceptors (Lipinski definition) is 5. The summed E-state index contributed by atoms with van der Waals surface area (Å²) in [5, 5.41) is 16.7. The molecule has 0 aliphatic carbocycles. The van der Waals surface area contributed by atoms with Crippen molar-refractivity contribution in [1.82, 2.24) is 4.90 Å². The highest BCUT2D eigenvalue weighted by molar-refractivity contribution is 5.97. The lowest BCUT2D eigenvalue weighted by atomic mass is 10.2. The minimum absolute atomic E-state index is 0.104.